The van der Waals surface area contributed by atoms with Crippen LogP contribution in [-0.4, -0.2) is 16.6 Å². The summed E-state index contributed by atoms with van der Waals surface area (Å²) in [6, 6.07) is 17.3. The summed E-state index contributed by atoms with van der Waals surface area (Å²) in [6.07, 6.45) is 2.64. The summed E-state index contributed by atoms with van der Waals surface area (Å²) in [5.74, 6) is 0.359. The topological polar surface area (TPSA) is 91.8 Å². The van der Waals surface area contributed by atoms with Crippen molar-refractivity contribution in [3.63, 3.8) is 0 Å². The molecular formula is C18H18N4OS. The van der Waals surface area contributed by atoms with Crippen LogP contribution in [0.25, 0.3) is 5.57 Å². The van der Waals surface area contributed by atoms with Crippen molar-refractivity contribution in [3.8, 4) is 6.07 Å². The number of benzene rings is 1. The van der Waals surface area contributed by atoms with Crippen molar-refractivity contribution in [2.24, 2.45) is 5.73 Å². The van der Waals surface area contributed by atoms with E-state index in [1.807, 2.05) is 42.5 Å². The van der Waals surface area contributed by atoms with E-state index in [1.54, 1.807) is 12.3 Å². The molecule has 0 unspecified atom stereocenters. The van der Waals surface area contributed by atoms with Gasteiger partial charge in [-0.1, -0.05) is 24.3 Å². The molecule has 0 radical (unpaired) electrons. The average molecular weight is 338 g/mol. The number of pyridine rings is 1. The second-order valence-corrected chi connectivity index (χ2v) is 6.05. The minimum atomic E-state index is -0.317. The molecule has 5 nitrogen and oxygen atoms in total. The highest BCUT2D eigenvalue weighted by Crippen LogP contribution is 2.28. The third-order valence-corrected chi connectivity index (χ3v) is 4.19. The molecule has 0 saturated heterocycles. The molecule has 3 N–H and O–H groups in total. The number of nitrogens with two attached hydrogens (primary N) is 1. The number of primary amides is 1. The van der Waals surface area contributed by atoms with Crippen LogP contribution < -0.4 is 11.1 Å². The number of carbonyl (C=O) groups is 1. The fraction of sp³-hybridized carbons (Fsp3) is 0.167. The Bertz CT molecular complexity index is 739. The Labute approximate surface area is 145 Å². The van der Waals surface area contributed by atoms with Gasteiger partial charge in [-0.25, -0.2) is 0 Å². The number of nitrogens with one attached hydrogen (secondary N) is 1. The predicted molar refractivity (Wildman–Crippen MR) is 97.7 cm³/mol. The first-order valence-corrected chi connectivity index (χ1v) is 8.48. The Hall–Kier alpha value is -2.78. The number of thioether (sulfide) groups is 1. The maximum absolute atomic E-state index is 10.9. The van der Waals surface area contributed by atoms with Gasteiger partial charge in [0.15, 0.2) is 0 Å². The third-order valence-electron chi connectivity index (χ3n) is 3.11. The molecule has 0 aliphatic rings. The van der Waals surface area contributed by atoms with Gasteiger partial charge in [0.1, 0.15) is 11.6 Å². The Morgan fingerprint density at radius 2 is 1.96 bits per heavy atom. The maximum atomic E-state index is 10.9. The average Bonchev–Trinajstić information content (AvgIpc) is 2.61. The van der Waals surface area contributed by atoms with Gasteiger partial charge in [0.2, 0.25) is 5.91 Å². The molecule has 0 aliphatic heterocycles. The monoisotopic (exact) mass is 338 g/mol. The van der Waals surface area contributed by atoms with Crippen LogP contribution in [0.15, 0.2) is 59.8 Å². The smallest absolute Gasteiger partial charge is 0.217 e. The van der Waals surface area contributed by atoms with Gasteiger partial charge in [0, 0.05) is 18.3 Å². The van der Waals surface area contributed by atoms with Crippen LogP contribution in [0.1, 0.15) is 18.5 Å². The number of rotatable bonds is 8. The van der Waals surface area contributed by atoms with Crippen molar-refractivity contribution in [1.29, 1.82) is 5.26 Å². The van der Waals surface area contributed by atoms with E-state index >= 15 is 0 Å². The van der Waals surface area contributed by atoms with Crippen LogP contribution in [0.5, 0.6) is 0 Å². The molecule has 1 aromatic carbocycles. The van der Waals surface area contributed by atoms with Crippen LogP contribution in [0.4, 0.5) is 5.69 Å². The molecule has 24 heavy (non-hydrogen) atoms. The minimum Gasteiger partial charge on any atom is -0.370 e. The van der Waals surface area contributed by atoms with Crippen molar-refractivity contribution in [2.75, 3.05) is 11.1 Å². The molecular weight excluding hydrogens is 320 g/mol. The van der Waals surface area contributed by atoms with Crippen LogP contribution in [0.2, 0.25) is 0 Å². The number of aromatic nitrogens is 1. The van der Waals surface area contributed by atoms with Crippen molar-refractivity contribution in [2.45, 2.75) is 12.8 Å². The standard InChI is InChI=1S/C18H18N4OS/c19-13-15(16-9-4-5-11-21-16)18(24-12-6-10-17(20)23)22-14-7-2-1-3-8-14/h1-5,7-9,11,22H,6,10,12H2,(H2,20,23)/b18-15+. The summed E-state index contributed by atoms with van der Waals surface area (Å²) in [4.78, 5) is 15.1. The third kappa shape index (κ3) is 5.45. The lowest BCUT2D eigenvalue weighted by molar-refractivity contribution is -0.118. The van der Waals surface area contributed by atoms with E-state index in [4.69, 9.17) is 5.73 Å². The quantitative estimate of drug-likeness (QED) is 0.568. The second kappa shape index (κ2) is 9.38. The van der Waals surface area contributed by atoms with Crippen molar-refractivity contribution in [1.82, 2.24) is 4.98 Å². The summed E-state index contributed by atoms with van der Waals surface area (Å²) < 4.78 is 0. The van der Waals surface area contributed by atoms with Crippen LogP contribution in [0.3, 0.4) is 0 Å². The lowest BCUT2D eigenvalue weighted by Gasteiger charge is -2.13. The molecule has 2 rings (SSSR count). The van der Waals surface area contributed by atoms with Gasteiger partial charge in [-0.05, 0) is 36.4 Å². The highest BCUT2D eigenvalue weighted by Gasteiger charge is 2.12. The zero-order valence-electron chi connectivity index (χ0n) is 13.1. The van der Waals surface area contributed by atoms with E-state index in [-0.39, 0.29) is 5.91 Å². The van der Waals surface area contributed by atoms with Crippen molar-refractivity contribution < 1.29 is 4.79 Å². The zero-order valence-corrected chi connectivity index (χ0v) is 13.9. The number of amides is 1. The first-order valence-electron chi connectivity index (χ1n) is 7.49. The Morgan fingerprint density at radius 1 is 1.21 bits per heavy atom. The highest BCUT2D eigenvalue weighted by atomic mass is 32.2. The molecule has 122 valence electrons. The number of anilines is 1. The molecule has 0 aliphatic carbocycles. The minimum absolute atomic E-state index is 0.317. The fourth-order valence-corrected chi connectivity index (χ4v) is 2.96. The normalized spacial score (nSPS) is 11.3. The summed E-state index contributed by atoms with van der Waals surface area (Å²) in [7, 11) is 0. The largest absolute Gasteiger partial charge is 0.370 e. The van der Waals surface area contributed by atoms with Gasteiger partial charge in [-0.15, -0.1) is 11.8 Å². The van der Waals surface area contributed by atoms with Crippen molar-refractivity contribution >= 4 is 28.9 Å². The molecule has 0 bridgehead atoms. The molecule has 0 atom stereocenters. The van der Waals surface area contributed by atoms with Gasteiger partial charge in [-0.3, -0.25) is 9.78 Å². The van der Waals surface area contributed by atoms with E-state index < -0.39 is 0 Å². The molecule has 6 heteroatoms. The fourth-order valence-electron chi connectivity index (χ4n) is 1.98. The molecule has 1 amide bonds. The van der Waals surface area contributed by atoms with E-state index in [2.05, 4.69) is 16.4 Å². The van der Waals surface area contributed by atoms with E-state index in [1.165, 1.54) is 11.8 Å². The number of nitriles is 1. The van der Waals surface area contributed by atoms with Crippen LogP contribution in [0, 0.1) is 11.3 Å². The van der Waals surface area contributed by atoms with Crippen molar-refractivity contribution in [3.05, 3.63) is 65.5 Å². The number of para-hydroxylation sites is 1. The first kappa shape index (κ1) is 17.6. The van der Waals surface area contributed by atoms with Crippen LogP contribution in [-0.2, 0) is 4.79 Å². The van der Waals surface area contributed by atoms with Gasteiger partial charge < -0.3 is 11.1 Å². The Morgan fingerprint density at radius 3 is 2.58 bits per heavy atom. The zero-order chi connectivity index (χ0) is 17.2. The Kier molecular flexibility index (Phi) is 6.87. The van der Waals surface area contributed by atoms with Gasteiger partial charge in [-0.2, -0.15) is 5.26 Å². The molecule has 0 fully saturated rings. The van der Waals surface area contributed by atoms with E-state index in [0.29, 0.717) is 34.9 Å². The SMILES string of the molecule is N#C/C(=C(/Nc1ccccc1)SCCCC(N)=O)c1ccccn1. The number of allylic oxidation sites excluding steroid dienone is 1. The molecule has 1 aromatic heterocycles. The maximum Gasteiger partial charge on any atom is 0.217 e. The number of hydrogen-bond acceptors (Lipinski definition) is 5. The molecule has 0 saturated carbocycles. The second-order valence-electron chi connectivity index (χ2n) is 4.94. The first-order chi connectivity index (χ1) is 11.7. The van der Waals surface area contributed by atoms with E-state index in [9.17, 15) is 10.1 Å². The number of nitrogens with zero attached hydrogens (tertiary/aromatic N) is 2. The number of hydrogen-bond donors (Lipinski definition) is 2. The van der Waals surface area contributed by atoms with Gasteiger partial charge in [0.25, 0.3) is 0 Å². The lowest BCUT2D eigenvalue weighted by atomic mass is 10.2. The highest BCUT2D eigenvalue weighted by molar-refractivity contribution is 8.03. The Balaban J connectivity index is 2.24. The summed E-state index contributed by atoms with van der Waals surface area (Å²) in [6.45, 7) is 0. The summed E-state index contributed by atoms with van der Waals surface area (Å²) in [5.41, 5.74) is 7.15. The summed E-state index contributed by atoms with van der Waals surface area (Å²) >= 11 is 1.48. The predicted octanol–water partition coefficient (Wildman–Crippen LogP) is 3.38. The molecule has 2 aromatic rings. The van der Waals surface area contributed by atoms with Gasteiger partial charge >= 0.3 is 0 Å². The molecule has 1 heterocycles. The molecule has 0 spiro atoms. The lowest BCUT2D eigenvalue weighted by Crippen LogP contribution is -2.10. The number of carbonyl (C=O) groups excluding carboxylic acids is 1. The van der Waals surface area contributed by atoms with E-state index in [0.717, 1.165) is 5.69 Å². The summed E-state index contributed by atoms with van der Waals surface area (Å²) in [5, 5.41) is 13.6. The van der Waals surface area contributed by atoms with Gasteiger partial charge in [0.05, 0.1) is 10.7 Å². The van der Waals surface area contributed by atoms with Crippen LogP contribution >= 0.6 is 11.8 Å².